The molecule has 0 fully saturated rings. The van der Waals surface area contributed by atoms with E-state index in [0.29, 0.717) is 4.75 Å². The van der Waals surface area contributed by atoms with Gasteiger partial charge in [-0.25, -0.2) is 10.0 Å². The highest BCUT2D eigenvalue weighted by molar-refractivity contribution is 8.33. The van der Waals surface area contributed by atoms with Gasteiger partial charge in [0.15, 0.2) is 0 Å². The summed E-state index contributed by atoms with van der Waals surface area (Å²) in [5, 5.41) is 0. The first-order valence-electron chi connectivity index (χ1n) is 6.02. The van der Waals surface area contributed by atoms with Crippen molar-refractivity contribution in [1.82, 2.24) is 0 Å². The fourth-order valence-corrected chi connectivity index (χ4v) is 2.91. The van der Waals surface area contributed by atoms with Crippen LogP contribution in [0.2, 0.25) is 0 Å². The van der Waals surface area contributed by atoms with Gasteiger partial charge in [0.1, 0.15) is 0 Å². The van der Waals surface area contributed by atoms with Crippen molar-refractivity contribution in [3.05, 3.63) is 0 Å². The molecule has 0 aliphatic carbocycles. The lowest BCUT2D eigenvalue weighted by Gasteiger charge is -2.44. The first-order valence-corrected chi connectivity index (χ1v) is 8.63. The summed E-state index contributed by atoms with van der Waals surface area (Å²) in [5.41, 5.74) is 0. The van der Waals surface area contributed by atoms with Crippen molar-refractivity contribution >= 4 is 10.0 Å². The Bertz CT molecular complexity index is 142. The Balaban J connectivity index is 3.67. The molecule has 0 rings (SSSR count). The molecule has 0 bridgehead atoms. The van der Waals surface area contributed by atoms with E-state index >= 15 is 0 Å². The Morgan fingerprint density at radius 3 is 1.79 bits per heavy atom. The van der Waals surface area contributed by atoms with Crippen LogP contribution in [0.3, 0.4) is 0 Å². The van der Waals surface area contributed by atoms with E-state index in [9.17, 15) is 0 Å². The Hall–Kier alpha value is 0.350. The Morgan fingerprint density at radius 2 is 1.36 bits per heavy atom. The second-order valence-corrected chi connectivity index (χ2v) is 10.5. The molecular formula is C13H30S. The van der Waals surface area contributed by atoms with Crippen molar-refractivity contribution < 1.29 is 0 Å². The van der Waals surface area contributed by atoms with Gasteiger partial charge in [-0.1, -0.05) is 53.4 Å². The van der Waals surface area contributed by atoms with E-state index in [-0.39, 0.29) is 10.0 Å². The summed E-state index contributed by atoms with van der Waals surface area (Å²) in [6.07, 6.45) is 12.1. The quantitative estimate of drug-likeness (QED) is 0.561. The predicted molar refractivity (Wildman–Crippen MR) is 72.8 cm³/mol. The van der Waals surface area contributed by atoms with E-state index in [1.165, 1.54) is 37.9 Å². The maximum atomic E-state index is 2.49. The summed E-state index contributed by atoms with van der Waals surface area (Å²) in [6.45, 7) is 9.47. The standard InChI is InChI=1S/C13H30S/c1-7-8-9-10-11-12-14(5,6)13(2,3)4/h7-12H2,1-6H3. The maximum Gasteiger partial charge on any atom is -0.00872 e. The third-order valence-corrected chi connectivity index (χ3v) is 8.04. The van der Waals surface area contributed by atoms with Gasteiger partial charge in [0.05, 0.1) is 0 Å². The lowest BCUT2D eigenvalue weighted by molar-refractivity contribution is 0.656. The molecule has 0 saturated heterocycles. The van der Waals surface area contributed by atoms with Crippen LogP contribution in [0.25, 0.3) is 0 Å². The molecule has 0 unspecified atom stereocenters. The average molecular weight is 218 g/mol. The van der Waals surface area contributed by atoms with E-state index in [0.717, 1.165) is 0 Å². The number of unbranched alkanes of at least 4 members (excludes halogenated alkanes) is 4. The van der Waals surface area contributed by atoms with Crippen molar-refractivity contribution in [3.63, 3.8) is 0 Å². The van der Waals surface area contributed by atoms with Crippen LogP contribution >= 0.6 is 10.0 Å². The highest BCUT2D eigenvalue weighted by atomic mass is 32.3. The molecular weight excluding hydrogens is 188 g/mol. The summed E-state index contributed by atoms with van der Waals surface area (Å²) in [4.78, 5) is 0. The molecule has 14 heavy (non-hydrogen) atoms. The van der Waals surface area contributed by atoms with Crippen molar-refractivity contribution in [2.24, 2.45) is 0 Å². The van der Waals surface area contributed by atoms with Gasteiger partial charge in [0.25, 0.3) is 0 Å². The molecule has 0 amide bonds. The van der Waals surface area contributed by atoms with Gasteiger partial charge in [-0.05, 0) is 29.4 Å². The third-order valence-electron chi connectivity index (χ3n) is 3.42. The molecule has 0 atom stereocenters. The van der Waals surface area contributed by atoms with Gasteiger partial charge in [0.2, 0.25) is 0 Å². The molecule has 88 valence electrons. The molecule has 0 radical (unpaired) electrons. The van der Waals surface area contributed by atoms with E-state index in [4.69, 9.17) is 0 Å². The number of rotatable bonds is 6. The lowest BCUT2D eigenvalue weighted by atomic mass is 10.2. The van der Waals surface area contributed by atoms with Crippen molar-refractivity contribution in [1.29, 1.82) is 0 Å². The van der Waals surface area contributed by atoms with E-state index in [1.54, 1.807) is 0 Å². The summed E-state index contributed by atoms with van der Waals surface area (Å²) in [7, 11) is -0.385. The second kappa shape index (κ2) is 6.05. The summed E-state index contributed by atoms with van der Waals surface area (Å²) < 4.78 is 0.526. The van der Waals surface area contributed by atoms with Crippen LogP contribution in [0.15, 0.2) is 0 Å². The zero-order chi connectivity index (χ0) is 11.2. The van der Waals surface area contributed by atoms with Crippen LogP contribution in [0.4, 0.5) is 0 Å². The minimum Gasteiger partial charge on any atom is -0.242 e. The maximum absolute atomic E-state index is 2.49. The summed E-state index contributed by atoms with van der Waals surface area (Å²) >= 11 is 0. The minimum atomic E-state index is -0.385. The van der Waals surface area contributed by atoms with Crippen LogP contribution < -0.4 is 0 Å². The highest BCUT2D eigenvalue weighted by Gasteiger charge is 2.26. The number of hydrogen-bond donors (Lipinski definition) is 0. The zero-order valence-electron chi connectivity index (χ0n) is 11.2. The lowest BCUT2D eigenvalue weighted by Crippen LogP contribution is -2.25. The molecule has 0 aliphatic rings. The SMILES string of the molecule is CCCCCCCS(C)(C)C(C)(C)C. The molecule has 0 aromatic heterocycles. The molecule has 0 aromatic rings. The summed E-state index contributed by atoms with van der Waals surface area (Å²) in [6, 6.07) is 0. The van der Waals surface area contributed by atoms with Crippen molar-refractivity contribution in [2.75, 3.05) is 18.3 Å². The molecule has 0 aromatic carbocycles. The Labute approximate surface area is 93.2 Å². The first-order chi connectivity index (χ1) is 6.31. The smallest absolute Gasteiger partial charge is 0.00872 e. The first kappa shape index (κ1) is 14.3. The fourth-order valence-electron chi connectivity index (χ4n) is 1.37. The van der Waals surface area contributed by atoms with E-state index in [1.807, 2.05) is 0 Å². The van der Waals surface area contributed by atoms with Gasteiger partial charge >= 0.3 is 0 Å². The molecule has 1 heteroatoms. The molecule has 0 saturated carbocycles. The summed E-state index contributed by atoms with van der Waals surface area (Å²) in [5.74, 6) is 1.46. The van der Waals surface area contributed by atoms with Crippen LogP contribution in [0, 0.1) is 0 Å². The molecule has 0 aliphatic heterocycles. The number of hydrogen-bond acceptors (Lipinski definition) is 0. The topological polar surface area (TPSA) is 0 Å². The average Bonchev–Trinajstić information content (AvgIpc) is 2.02. The Kier molecular flexibility index (Phi) is 6.20. The van der Waals surface area contributed by atoms with Gasteiger partial charge in [-0.15, -0.1) is 0 Å². The normalized spacial score (nSPS) is 14.4. The van der Waals surface area contributed by atoms with Gasteiger partial charge in [0, 0.05) is 0 Å². The third kappa shape index (κ3) is 5.29. The van der Waals surface area contributed by atoms with Crippen LogP contribution in [0.1, 0.15) is 59.8 Å². The highest BCUT2D eigenvalue weighted by Crippen LogP contribution is 2.53. The minimum absolute atomic E-state index is 0.385. The molecule has 0 spiro atoms. The van der Waals surface area contributed by atoms with Gasteiger partial charge in [-0.2, -0.15) is 0 Å². The van der Waals surface area contributed by atoms with Crippen LogP contribution in [-0.2, 0) is 0 Å². The van der Waals surface area contributed by atoms with E-state index < -0.39 is 0 Å². The molecule has 0 N–H and O–H groups in total. The van der Waals surface area contributed by atoms with Crippen molar-refractivity contribution in [3.8, 4) is 0 Å². The van der Waals surface area contributed by atoms with Crippen LogP contribution in [-0.4, -0.2) is 23.0 Å². The monoisotopic (exact) mass is 218 g/mol. The van der Waals surface area contributed by atoms with Gasteiger partial charge in [-0.3, -0.25) is 0 Å². The fraction of sp³-hybridized carbons (Fsp3) is 1.00. The zero-order valence-corrected chi connectivity index (χ0v) is 12.0. The second-order valence-electron chi connectivity index (χ2n) is 5.77. The molecule has 0 nitrogen and oxygen atoms in total. The van der Waals surface area contributed by atoms with E-state index in [2.05, 4.69) is 40.2 Å². The predicted octanol–water partition coefficient (Wildman–Crippen LogP) is 4.82. The van der Waals surface area contributed by atoms with Gasteiger partial charge < -0.3 is 0 Å². The van der Waals surface area contributed by atoms with Crippen molar-refractivity contribution in [2.45, 2.75) is 64.5 Å². The Morgan fingerprint density at radius 1 is 0.857 bits per heavy atom. The van der Waals surface area contributed by atoms with Crippen LogP contribution in [0.5, 0.6) is 0 Å². The largest absolute Gasteiger partial charge is 0.242 e. The molecule has 0 heterocycles.